The van der Waals surface area contributed by atoms with E-state index in [1.54, 1.807) is 6.92 Å². The van der Waals surface area contributed by atoms with Crippen LogP contribution in [-0.2, 0) is 9.53 Å². The fourth-order valence-corrected chi connectivity index (χ4v) is 1.34. The van der Waals surface area contributed by atoms with Crippen molar-refractivity contribution >= 4 is 5.97 Å². The molecule has 12 heavy (non-hydrogen) atoms. The number of carbonyl (C=O) groups is 1. The summed E-state index contributed by atoms with van der Waals surface area (Å²) < 4.78 is 4.90. The second kappa shape index (κ2) is 3.38. The summed E-state index contributed by atoms with van der Waals surface area (Å²) in [6, 6.07) is 0. The number of aliphatic hydroxyl groups excluding tert-OH is 2. The van der Waals surface area contributed by atoms with E-state index < -0.39 is 30.2 Å². The molecule has 0 spiro atoms. The number of aliphatic carboxylic acids is 1. The van der Waals surface area contributed by atoms with E-state index in [1.165, 1.54) is 0 Å². The quantitative estimate of drug-likeness (QED) is 0.493. The van der Waals surface area contributed by atoms with Crippen LogP contribution in [0.1, 0.15) is 6.92 Å². The Morgan fingerprint density at radius 1 is 1.58 bits per heavy atom. The van der Waals surface area contributed by atoms with Gasteiger partial charge in [-0.25, -0.2) is 4.79 Å². The van der Waals surface area contributed by atoms with Gasteiger partial charge >= 0.3 is 5.97 Å². The van der Waals surface area contributed by atoms with E-state index in [0.717, 1.165) is 0 Å². The first kappa shape index (κ1) is 9.44. The van der Waals surface area contributed by atoms with Gasteiger partial charge in [0.05, 0.1) is 12.7 Å². The largest absolute Gasteiger partial charge is 0.479 e. The summed E-state index contributed by atoms with van der Waals surface area (Å²) in [5.74, 6) is -1.57. The lowest BCUT2D eigenvalue weighted by molar-refractivity contribution is -0.151. The van der Waals surface area contributed by atoms with Crippen molar-refractivity contribution < 1.29 is 24.9 Å². The van der Waals surface area contributed by atoms with E-state index in [2.05, 4.69) is 0 Å². The van der Waals surface area contributed by atoms with Crippen molar-refractivity contribution in [3.63, 3.8) is 0 Å². The van der Waals surface area contributed by atoms with Gasteiger partial charge in [0, 0.05) is 5.92 Å². The molecule has 1 saturated heterocycles. The van der Waals surface area contributed by atoms with Gasteiger partial charge in [-0.1, -0.05) is 6.92 Å². The average molecular weight is 176 g/mol. The van der Waals surface area contributed by atoms with Crippen LogP contribution in [0.15, 0.2) is 0 Å². The smallest absolute Gasteiger partial charge is 0.333 e. The molecule has 5 heteroatoms. The highest BCUT2D eigenvalue weighted by molar-refractivity contribution is 5.73. The molecule has 1 rings (SSSR count). The third-order valence-electron chi connectivity index (χ3n) is 2.14. The Hall–Kier alpha value is -0.650. The van der Waals surface area contributed by atoms with E-state index in [-0.39, 0.29) is 6.61 Å². The van der Waals surface area contributed by atoms with Crippen molar-refractivity contribution in [2.75, 3.05) is 6.61 Å². The third kappa shape index (κ3) is 1.43. The molecular weight excluding hydrogens is 164 g/mol. The van der Waals surface area contributed by atoms with Crippen LogP contribution < -0.4 is 0 Å². The van der Waals surface area contributed by atoms with Crippen molar-refractivity contribution in [2.24, 2.45) is 5.92 Å². The highest BCUT2D eigenvalue weighted by atomic mass is 16.6. The lowest BCUT2D eigenvalue weighted by Crippen LogP contribution is -2.29. The predicted octanol–water partition coefficient (Wildman–Crippen LogP) is -1.17. The number of hydrogen-bond donors (Lipinski definition) is 3. The molecule has 1 unspecified atom stereocenters. The molecule has 4 atom stereocenters. The van der Waals surface area contributed by atoms with E-state index >= 15 is 0 Å². The van der Waals surface area contributed by atoms with Gasteiger partial charge in [0.1, 0.15) is 6.10 Å². The van der Waals surface area contributed by atoms with Crippen molar-refractivity contribution in [1.29, 1.82) is 0 Å². The molecule has 3 N–H and O–H groups in total. The highest BCUT2D eigenvalue weighted by Gasteiger charge is 2.44. The van der Waals surface area contributed by atoms with Gasteiger partial charge in [0.15, 0.2) is 6.10 Å². The van der Waals surface area contributed by atoms with Crippen LogP contribution in [0.2, 0.25) is 0 Å². The molecule has 5 nitrogen and oxygen atoms in total. The molecule has 0 bridgehead atoms. The minimum absolute atomic E-state index is 0.352. The molecule has 1 aliphatic heterocycles. The first-order chi connectivity index (χ1) is 5.57. The molecule has 0 saturated carbocycles. The molecular formula is C7H12O5. The standard InChI is InChI=1S/C7H12O5/c1-3-5(9)4(2-8)12-6(3)7(10)11/h3-6,8-9H,2H2,1H3,(H,10,11)/t3?,4-,5+,6-/m0/s1. The molecule has 0 aliphatic carbocycles. The zero-order chi connectivity index (χ0) is 9.30. The predicted molar refractivity (Wildman–Crippen MR) is 38.6 cm³/mol. The number of aliphatic hydroxyl groups is 2. The van der Waals surface area contributed by atoms with Crippen LogP contribution in [0.5, 0.6) is 0 Å². The summed E-state index contributed by atoms with van der Waals surface area (Å²) in [7, 11) is 0. The SMILES string of the molecule is CC1[C@@H](C(=O)O)O[C@@H](CO)[C@@H]1O. The van der Waals surface area contributed by atoms with E-state index in [1.807, 2.05) is 0 Å². The first-order valence-electron chi connectivity index (χ1n) is 3.75. The maximum absolute atomic E-state index is 10.5. The van der Waals surface area contributed by atoms with Crippen LogP contribution in [0.4, 0.5) is 0 Å². The fourth-order valence-electron chi connectivity index (χ4n) is 1.34. The summed E-state index contributed by atoms with van der Waals surface area (Å²) in [4.78, 5) is 10.5. The van der Waals surface area contributed by atoms with Gasteiger partial charge in [0.2, 0.25) is 0 Å². The summed E-state index contributed by atoms with van der Waals surface area (Å²) in [5.41, 5.74) is 0. The van der Waals surface area contributed by atoms with Crippen LogP contribution in [0.3, 0.4) is 0 Å². The first-order valence-corrected chi connectivity index (χ1v) is 3.75. The van der Waals surface area contributed by atoms with Crippen molar-refractivity contribution in [3.05, 3.63) is 0 Å². The molecule has 0 aromatic heterocycles. The van der Waals surface area contributed by atoms with Crippen LogP contribution >= 0.6 is 0 Å². The molecule has 0 aromatic rings. The Bertz CT molecular complexity index is 181. The van der Waals surface area contributed by atoms with Crippen molar-refractivity contribution in [3.8, 4) is 0 Å². The van der Waals surface area contributed by atoms with Gasteiger partial charge in [-0.05, 0) is 0 Å². The topological polar surface area (TPSA) is 87.0 Å². The van der Waals surface area contributed by atoms with E-state index in [0.29, 0.717) is 0 Å². The van der Waals surface area contributed by atoms with Crippen LogP contribution in [0, 0.1) is 5.92 Å². The van der Waals surface area contributed by atoms with Gasteiger partial charge in [-0.2, -0.15) is 0 Å². The molecule has 70 valence electrons. The third-order valence-corrected chi connectivity index (χ3v) is 2.14. The zero-order valence-corrected chi connectivity index (χ0v) is 6.67. The minimum Gasteiger partial charge on any atom is -0.479 e. The van der Waals surface area contributed by atoms with Crippen LogP contribution in [0.25, 0.3) is 0 Å². The molecule has 1 heterocycles. The van der Waals surface area contributed by atoms with Gasteiger partial charge in [-0.15, -0.1) is 0 Å². The Morgan fingerprint density at radius 3 is 2.42 bits per heavy atom. The summed E-state index contributed by atoms with van der Waals surface area (Å²) >= 11 is 0. The maximum Gasteiger partial charge on any atom is 0.333 e. The second-order valence-electron chi connectivity index (χ2n) is 2.97. The number of ether oxygens (including phenoxy) is 1. The molecule has 1 aliphatic rings. The second-order valence-corrected chi connectivity index (χ2v) is 2.97. The highest BCUT2D eigenvalue weighted by Crippen LogP contribution is 2.26. The van der Waals surface area contributed by atoms with Crippen molar-refractivity contribution in [1.82, 2.24) is 0 Å². The number of carboxylic acids is 1. The molecule has 0 radical (unpaired) electrons. The Labute approximate surface area is 69.6 Å². The maximum atomic E-state index is 10.5. The molecule has 0 amide bonds. The molecule has 1 fully saturated rings. The normalized spacial score (nSPS) is 41.6. The van der Waals surface area contributed by atoms with E-state index in [4.69, 9.17) is 14.9 Å². The minimum atomic E-state index is -1.10. The number of hydrogen-bond acceptors (Lipinski definition) is 4. The summed E-state index contributed by atoms with van der Waals surface area (Å²) in [6.07, 6.45) is -2.66. The Kier molecular flexibility index (Phi) is 2.66. The van der Waals surface area contributed by atoms with Gasteiger partial charge in [0.25, 0.3) is 0 Å². The number of carboxylic acid groups (broad SMARTS) is 1. The van der Waals surface area contributed by atoms with Crippen molar-refractivity contribution in [2.45, 2.75) is 25.2 Å². The van der Waals surface area contributed by atoms with Gasteiger partial charge < -0.3 is 20.1 Å². The Morgan fingerprint density at radius 2 is 2.17 bits per heavy atom. The monoisotopic (exact) mass is 176 g/mol. The fraction of sp³-hybridized carbons (Fsp3) is 0.857. The lowest BCUT2D eigenvalue weighted by atomic mass is 9.99. The Balaban J connectivity index is 2.66. The molecule has 0 aromatic carbocycles. The van der Waals surface area contributed by atoms with E-state index in [9.17, 15) is 9.90 Å². The zero-order valence-electron chi connectivity index (χ0n) is 6.67. The number of rotatable bonds is 2. The summed E-state index contributed by atoms with van der Waals surface area (Å²) in [5, 5.41) is 26.6. The lowest BCUT2D eigenvalue weighted by Gasteiger charge is -2.11. The average Bonchev–Trinajstić information content (AvgIpc) is 2.30. The van der Waals surface area contributed by atoms with Crippen LogP contribution in [-0.4, -0.2) is 46.2 Å². The van der Waals surface area contributed by atoms with Gasteiger partial charge in [-0.3, -0.25) is 0 Å². The summed E-state index contributed by atoms with van der Waals surface area (Å²) in [6.45, 7) is 1.23.